The van der Waals surface area contributed by atoms with Crippen LogP contribution in [0.1, 0.15) is 48.7 Å². The van der Waals surface area contributed by atoms with Gasteiger partial charge in [0.1, 0.15) is 0 Å². The topological polar surface area (TPSA) is 114 Å². The Morgan fingerprint density at radius 3 is 2.81 bits per heavy atom. The summed E-state index contributed by atoms with van der Waals surface area (Å²) in [6, 6.07) is 2.33. The van der Waals surface area contributed by atoms with Crippen molar-refractivity contribution in [1.82, 2.24) is 5.32 Å². The molecule has 176 valence electrons. The first kappa shape index (κ1) is 13.0. The van der Waals surface area contributed by atoms with Crippen LogP contribution in [0.15, 0.2) is 42.2 Å². The van der Waals surface area contributed by atoms with Gasteiger partial charge in [0.25, 0.3) is 0 Å². The minimum absolute atomic E-state index is 0.0651. The molecule has 0 radical (unpaired) electrons. The molecule has 8 nitrogen and oxygen atoms in total. The van der Waals surface area contributed by atoms with Gasteiger partial charge in [0.2, 0.25) is 5.91 Å². The van der Waals surface area contributed by atoms with Crippen molar-refractivity contribution in [3.8, 4) is 0 Å². The number of amides is 2. The van der Waals surface area contributed by atoms with Gasteiger partial charge in [-0.3, -0.25) is 9.69 Å². The van der Waals surface area contributed by atoms with Gasteiger partial charge < -0.3 is 25.6 Å². The summed E-state index contributed by atoms with van der Waals surface area (Å²) >= 11 is 0. The Balaban J connectivity index is 2.48. The lowest BCUT2D eigenvalue weighted by atomic mass is 9.91. The largest absolute Gasteiger partial charge is 0.501 e. The Labute approximate surface area is 206 Å². The second kappa shape index (κ2) is 12.3. The third-order valence-corrected chi connectivity index (χ3v) is 4.58. The van der Waals surface area contributed by atoms with Crippen molar-refractivity contribution >= 4 is 23.7 Å². The van der Waals surface area contributed by atoms with Crippen LogP contribution in [0.25, 0.3) is 6.05 Å². The molecular weight excluding hydrogens is 410 g/mol. The molecule has 0 spiro atoms. The van der Waals surface area contributed by atoms with Crippen molar-refractivity contribution < 1.29 is 40.6 Å². The molecule has 0 bridgehead atoms. The molecule has 8 heteroatoms. The normalized spacial score (nSPS) is 32.6. The van der Waals surface area contributed by atoms with Crippen LogP contribution in [0.3, 0.4) is 0 Å². The molecule has 0 aromatic heterocycles. The summed E-state index contributed by atoms with van der Waals surface area (Å²) in [5, 5.41) is 12.2. The molecule has 1 aromatic carbocycles. The van der Waals surface area contributed by atoms with Crippen molar-refractivity contribution in [2.45, 2.75) is 38.8 Å². The maximum absolute atomic E-state index is 12.1. The fraction of sp³-hybridized carbons (Fsp3) is 0.500. The van der Waals surface area contributed by atoms with E-state index in [2.05, 4.69) is 5.32 Å². The number of rotatable bonds is 10. The number of nitrogens with two attached hydrogens (primary N) is 1. The number of allylic oxidation sites excluding steroid dienone is 2. The second-order valence-electron chi connectivity index (χ2n) is 7.25. The maximum Gasteiger partial charge on any atom is 0.411 e. The molecule has 32 heavy (non-hydrogen) atoms. The van der Waals surface area contributed by atoms with Gasteiger partial charge in [-0.2, -0.15) is 0 Å². The van der Waals surface area contributed by atoms with E-state index in [4.69, 9.17) is 31.7 Å². The van der Waals surface area contributed by atoms with E-state index in [0.29, 0.717) is 6.08 Å². The van der Waals surface area contributed by atoms with Crippen LogP contribution in [0.4, 0.5) is 10.5 Å². The highest BCUT2D eigenvalue weighted by atomic mass is 16.5. The Morgan fingerprint density at radius 1 is 1.44 bits per heavy atom. The molecule has 3 atom stereocenters. The molecule has 0 aliphatic heterocycles. The number of carboxylic acid groups (broad SMARTS) is 1. The third-order valence-electron chi connectivity index (χ3n) is 4.58. The SMILES string of the molecule is [2H]/C(=C(/[2H])C1([2H])C=C(OC([2H])([2H])[2H])CC([2H])(OC([2H])([2H])[2H])C1([2H])[2H])c1ccc(N(CCNC(=O)C(N)C(C)C)C(=O)O)cc1. The predicted octanol–water partition coefficient (Wildman–Crippen LogP) is 3.24. The lowest BCUT2D eigenvalue weighted by Crippen LogP contribution is -2.46. The van der Waals surface area contributed by atoms with E-state index in [1.54, 1.807) is 13.8 Å². The monoisotopic (exact) mass is 457 g/mol. The molecule has 2 amide bonds. The number of anilines is 1. The van der Waals surface area contributed by atoms with Gasteiger partial charge in [-0.05, 0) is 36.1 Å². The smallest absolute Gasteiger partial charge is 0.411 e. The van der Waals surface area contributed by atoms with E-state index in [1.165, 1.54) is 24.3 Å². The summed E-state index contributed by atoms with van der Waals surface area (Å²) in [4.78, 5) is 24.8. The van der Waals surface area contributed by atoms with E-state index in [1.807, 2.05) is 0 Å². The standard InChI is InChI=1S/C24H35N3O5/c1-16(2)22(25)23(28)26-11-12-27(24(29)30)19-9-7-17(8-10-19)5-6-18-13-20(31-3)15-21(14-18)32-4/h5-10,13,16,18,21-22H,11-12,14-15,25H2,1-4H3,(H,26,28)(H,29,30)/b6-5+/i3D3,4D3,5D,6D,14D2,18D,21D. The third kappa shape index (κ3) is 7.39. The number of nitrogens with zero attached hydrogens (tertiary/aromatic N) is 1. The summed E-state index contributed by atoms with van der Waals surface area (Å²) in [5.74, 6) is -4.35. The van der Waals surface area contributed by atoms with Gasteiger partial charge in [-0.15, -0.1) is 0 Å². The van der Waals surface area contributed by atoms with Crippen molar-refractivity contribution in [3.63, 3.8) is 0 Å². The Hall–Kier alpha value is -2.84. The molecule has 3 unspecified atom stereocenters. The van der Waals surface area contributed by atoms with Crippen LogP contribution in [0, 0.1) is 11.8 Å². The lowest BCUT2D eigenvalue weighted by molar-refractivity contribution is -0.123. The van der Waals surface area contributed by atoms with Crippen molar-refractivity contribution in [3.05, 3.63) is 47.7 Å². The maximum atomic E-state index is 12.1. The summed E-state index contributed by atoms with van der Waals surface area (Å²) in [5.41, 5.74) is 5.80. The molecule has 0 saturated heterocycles. The molecule has 1 aromatic rings. The van der Waals surface area contributed by atoms with Gasteiger partial charge >= 0.3 is 6.09 Å². The van der Waals surface area contributed by atoms with Crippen LogP contribution in [-0.4, -0.2) is 56.4 Å². The van der Waals surface area contributed by atoms with E-state index < -0.39 is 74.7 Å². The minimum Gasteiger partial charge on any atom is -0.501 e. The molecule has 2 rings (SSSR count). The Morgan fingerprint density at radius 2 is 2.19 bits per heavy atom. The van der Waals surface area contributed by atoms with Crippen molar-refractivity contribution in [2.75, 3.05) is 32.1 Å². The van der Waals surface area contributed by atoms with E-state index in [9.17, 15) is 14.7 Å². The van der Waals surface area contributed by atoms with Crippen LogP contribution >= 0.6 is 0 Å². The molecule has 4 N–H and O–H groups in total. The number of hydrogen-bond donors (Lipinski definition) is 3. The molecule has 0 saturated carbocycles. The van der Waals surface area contributed by atoms with E-state index >= 15 is 0 Å². The molecular formula is C24H35N3O5. The van der Waals surface area contributed by atoms with Gasteiger partial charge in [0, 0.05) is 42.2 Å². The van der Waals surface area contributed by atoms with Crippen LogP contribution in [0.2, 0.25) is 0 Å². The van der Waals surface area contributed by atoms with Gasteiger partial charge in [-0.25, -0.2) is 4.79 Å². The van der Waals surface area contributed by atoms with Crippen molar-refractivity contribution in [1.29, 1.82) is 0 Å². The number of carbonyl (C=O) groups excluding carboxylic acids is 1. The summed E-state index contributed by atoms with van der Waals surface area (Å²) in [7, 11) is -6.49. The van der Waals surface area contributed by atoms with E-state index in [0.717, 1.165) is 4.90 Å². The van der Waals surface area contributed by atoms with Crippen LogP contribution in [0.5, 0.6) is 0 Å². The molecule has 1 aliphatic carbocycles. The number of hydrogen-bond acceptors (Lipinski definition) is 5. The van der Waals surface area contributed by atoms with Gasteiger partial charge in [0.05, 0.1) is 37.3 Å². The summed E-state index contributed by atoms with van der Waals surface area (Å²) in [6.07, 6.45) is -8.26. The van der Waals surface area contributed by atoms with Crippen LogP contribution in [-0.2, 0) is 14.3 Å². The zero-order valence-electron chi connectivity index (χ0n) is 29.8. The average molecular weight is 458 g/mol. The quantitative estimate of drug-likeness (QED) is 0.497. The first-order valence-electron chi connectivity index (χ1n) is 15.8. The zero-order valence-corrected chi connectivity index (χ0v) is 17.8. The second-order valence-corrected chi connectivity index (χ2v) is 7.25. The first-order valence-corrected chi connectivity index (χ1v) is 9.78. The van der Waals surface area contributed by atoms with Gasteiger partial charge in [0.15, 0.2) is 0 Å². The fourth-order valence-corrected chi connectivity index (χ4v) is 2.71. The Bertz CT molecular complexity index is 1280. The fourth-order valence-electron chi connectivity index (χ4n) is 2.71. The van der Waals surface area contributed by atoms with Gasteiger partial charge in [-0.1, -0.05) is 38.1 Å². The van der Waals surface area contributed by atoms with Crippen molar-refractivity contribution in [2.24, 2.45) is 17.5 Å². The first-order chi connectivity index (χ1) is 19.8. The molecule has 0 heterocycles. The average Bonchev–Trinajstić information content (AvgIpc) is 2.86. The summed E-state index contributed by atoms with van der Waals surface area (Å²) in [6.45, 7) is 3.28. The molecule has 1 aliphatic rings. The summed E-state index contributed by atoms with van der Waals surface area (Å²) < 4.78 is 105. The molecule has 0 fully saturated rings. The number of benzene rings is 1. The predicted molar refractivity (Wildman–Crippen MR) is 125 cm³/mol. The van der Waals surface area contributed by atoms with E-state index in [-0.39, 0.29) is 30.3 Å². The highest BCUT2D eigenvalue weighted by Gasteiger charge is 2.21. The minimum atomic E-state index is -3.36. The number of nitrogens with one attached hydrogen (secondary N) is 1. The number of methoxy groups -OCH3 is 2. The number of carbonyl (C=O) groups is 2. The Kier molecular flexibility index (Phi) is 4.98. The van der Waals surface area contributed by atoms with Crippen LogP contribution < -0.4 is 16.0 Å². The number of ether oxygens (including phenoxy) is 2. The highest BCUT2D eigenvalue weighted by molar-refractivity contribution is 5.86. The lowest BCUT2D eigenvalue weighted by Gasteiger charge is -2.25. The highest BCUT2D eigenvalue weighted by Crippen LogP contribution is 2.27. The zero-order chi connectivity index (χ0) is 34.1.